The first-order chi connectivity index (χ1) is 7.20. The van der Waals surface area contributed by atoms with Crippen LogP contribution in [0.3, 0.4) is 0 Å². The van der Waals surface area contributed by atoms with Crippen LogP contribution in [0.1, 0.15) is 5.56 Å². The number of hydrogen-bond acceptors (Lipinski definition) is 2. The van der Waals surface area contributed by atoms with E-state index >= 15 is 0 Å². The van der Waals surface area contributed by atoms with E-state index in [4.69, 9.17) is 11.6 Å². The molecule has 0 saturated heterocycles. The summed E-state index contributed by atoms with van der Waals surface area (Å²) in [6.07, 6.45) is 0.715. The lowest BCUT2D eigenvalue weighted by Gasteiger charge is -2.00. The standard InChI is InChI=1S/C10H9ClN2O2/c11-4-3-6-1-2-7-8(5-6)12-10(15)13-9(7)14/h1-2,5H,3-4H2,(H2,12,13,14,15). The van der Waals surface area contributed by atoms with Gasteiger partial charge in [0.2, 0.25) is 0 Å². The third-order valence-electron chi connectivity index (χ3n) is 2.19. The fraction of sp³-hybridized carbons (Fsp3) is 0.200. The number of H-pyrrole nitrogens is 2. The molecule has 2 rings (SSSR count). The Bertz CT molecular complexity index is 600. The number of aryl methyl sites for hydroxylation is 1. The molecule has 0 fully saturated rings. The molecule has 0 spiro atoms. The molecule has 0 saturated carbocycles. The first-order valence-corrected chi connectivity index (χ1v) is 5.05. The molecule has 0 radical (unpaired) electrons. The number of alkyl halides is 1. The van der Waals surface area contributed by atoms with Gasteiger partial charge in [-0.2, -0.15) is 0 Å². The van der Waals surface area contributed by atoms with E-state index in [0.29, 0.717) is 23.2 Å². The highest BCUT2D eigenvalue weighted by molar-refractivity contribution is 6.18. The van der Waals surface area contributed by atoms with Crippen molar-refractivity contribution in [1.82, 2.24) is 9.97 Å². The van der Waals surface area contributed by atoms with E-state index in [2.05, 4.69) is 9.97 Å². The number of halogens is 1. The number of aromatic nitrogens is 2. The van der Waals surface area contributed by atoms with Crippen molar-refractivity contribution in [2.24, 2.45) is 0 Å². The smallest absolute Gasteiger partial charge is 0.307 e. The third-order valence-corrected chi connectivity index (χ3v) is 2.38. The molecule has 0 aliphatic rings. The Morgan fingerprint density at radius 2 is 2.00 bits per heavy atom. The lowest BCUT2D eigenvalue weighted by Crippen LogP contribution is -2.21. The highest BCUT2D eigenvalue weighted by Gasteiger charge is 2.01. The van der Waals surface area contributed by atoms with E-state index in [1.54, 1.807) is 12.1 Å². The van der Waals surface area contributed by atoms with E-state index in [-0.39, 0.29) is 5.56 Å². The summed E-state index contributed by atoms with van der Waals surface area (Å²) in [5, 5.41) is 0.480. The average molecular weight is 225 g/mol. The molecule has 2 N–H and O–H groups in total. The van der Waals surface area contributed by atoms with Crippen molar-refractivity contribution in [2.45, 2.75) is 6.42 Å². The first kappa shape index (κ1) is 9.98. The molecule has 0 amide bonds. The summed E-state index contributed by atoms with van der Waals surface area (Å²) in [6, 6.07) is 5.29. The van der Waals surface area contributed by atoms with Crippen LogP contribution in [-0.4, -0.2) is 15.8 Å². The van der Waals surface area contributed by atoms with Crippen LogP contribution in [-0.2, 0) is 6.42 Å². The second-order valence-corrected chi connectivity index (χ2v) is 3.61. The van der Waals surface area contributed by atoms with Gasteiger partial charge in [-0.05, 0) is 24.1 Å². The second kappa shape index (κ2) is 3.90. The number of nitrogens with one attached hydrogen (secondary N) is 2. The highest BCUT2D eigenvalue weighted by atomic mass is 35.5. The molecule has 0 aliphatic heterocycles. The number of fused-ring (bicyclic) bond motifs is 1. The zero-order valence-electron chi connectivity index (χ0n) is 7.84. The van der Waals surface area contributed by atoms with Crippen LogP contribution < -0.4 is 11.2 Å². The van der Waals surface area contributed by atoms with Crippen molar-refractivity contribution in [2.75, 3.05) is 5.88 Å². The third kappa shape index (κ3) is 1.94. The molecule has 5 heteroatoms. The van der Waals surface area contributed by atoms with Crippen LogP contribution in [0.25, 0.3) is 10.9 Å². The molecule has 1 aromatic carbocycles. The number of aromatic amines is 2. The second-order valence-electron chi connectivity index (χ2n) is 3.23. The van der Waals surface area contributed by atoms with E-state index in [1.807, 2.05) is 6.07 Å². The van der Waals surface area contributed by atoms with E-state index in [9.17, 15) is 9.59 Å². The molecule has 0 aliphatic carbocycles. The van der Waals surface area contributed by atoms with E-state index < -0.39 is 5.69 Å². The summed E-state index contributed by atoms with van der Waals surface area (Å²) in [4.78, 5) is 27.2. The van der Waals surface area contributed by atoms with Gasteiger partial charge in [-0.3, -0.25) is 9.78 Å². The minimum atomic E-state index is -0.490. The summed E-state index contributed by atoms with van der Waals surface area (Å²) in [6.45, 7) is 0. The topological polar surface area (TPSA) is 65.7 Å². The Morgan fingerprint density at radius 1 is 1.20 bits per heavy atom. The molecule has 0 bridgehead atoms. The monoisotopic (exact) mass is 224 g/mol. The maximum absolute atomic E-state index is 11.4. The summed E-state index contributed by atoms with van der Waals surface area (Å²) < 4.78 is 0. The van der Waals surface area contributed by atoms with Crippen molar-refractivity contribution in [1.29, 1.82) is 0 Å². The van der Waals surface area contributed by atoms with Crippen molar-refractivity contribution in [3.05, 3.63) is 44.6 Å². The predicted molar refractivity (Wildman–Crippen MR) is 59.6 cm³/mol. The largest absolute Gasteiger partial charge is 0.326 e. The van der Waals surface area contributed by atoms with Crippen molar-refractivity contribution < 1.29 is 0 Å². The molecule has 4 nitrogen and oxygen atoms in total. The van der Waals surface area contributed by atoms with Gasteiger partial charge in [0, 0.05) is 5.88 Å². The highest BCUT2D eigenvalue weighted by Crippen LogP contribution is 2.09. The minimum absolute atomic E-state index is 0.369. The van der Waals surface area contributed by atoms with Gasteiger partial charge in [0.05, 0.1) is 10.9 Å². The maximum Gasteiger partial charge on any atom is 0.326 e. The fourth-order valence-electron chi connectivity index (χ4n) is 1.48. The van der Waals surface area contributed by atoms with Gasteiger partial charge in [0.25, 0.3) is 5.56 Å². The summed E-state index contributed by atoms with van der Waals surface area (Å²) in [5.74, 6) is 0.513. The molecule has 15 heavy (non-hydrogen) atoms. The SMILES string of the molecule is O=c1[nH]c(=O)c2ccc(CCCl)cc2[nH]1. The lowest BCUT2D eigenvalue weighted by atomic mass is 10.1. The Kier molecular flexibility index (Phi) is 2.60. The zero-order chi connectivity index (χ0) is 10.8. The fourth-order valence-corrected chi connectivity index (χ4v) is 1.70. The normalized spacial score (nSPS) is 10.7. The van der Waals surface area contributed by atoms with Crippen LogP contribution in [0.4, 0.5) is 0 Å². The number of rotatable bonds is 2. The van der Waals surface area contributed by atoms with Crippen LogP contribution >= 0.6 is 11.6 Å². The molecule has 1 heterocycles. The Balaban J connectivity index is 2.71. The molecule has 1 aromatic heterocycles. The lowest BCUT2D eigenvalue weighted by molar-refractivity contribution is 1.07. The van der Waals surface area contributed by atoms with Gasteiger partial charge in [-0.15, -0.1) is 11.6 Å². The first-order valence-electron chi connectivity index (χ1n) is 4.52. The Morgan fingerprint density at radius 3 is 2.73 bits per heavy atom. The maximum atomic E-state index is 11.4. The van der Waals surface area contributed by atoms with Crippen LogP contribution in [0.2, 0.25) is 0 Å². The quantitative estimate of drug-likeness (QED) is 0.748. The molecule has 78 valence electrons. The Hall–Kier alpha value is -1.55. The molecule has 2 aromatic rings. The molecule has 0 atom stereocenters. The van der Waals surface area contributed by atoms with Gasteiger partial charge >= 0.3 is 5.69 Å². The van der Waals surface area contributed by atoms with Crippen LogP contribution in [0, 0.1) is 0 Å². The zero-order valence-corrected chi connectivity index (χ0v) is 8.60. The molecular weight excluding hydrogens is 216 g/mol. The summed E-state index contributed by atoms with van der Waals surface area (Å²) in [5.41, 5.74) is 0.687. The van der Waals surface area contributed by atoms with Gasteiger partial charge in [0.1, 0.15) is 0 Å². The van der Waals surface area contributed by atoms with Gasteiger partial charge in [-0.25, -0.2) is 4.79 Å². The number of hydrogen-bond donors (Lipinski definition) is 2. The van der Waals surface area contributed by atoms with Gasteiger partial charge in [-0.1, -0.05) is 6.07 Å². The molecule has 0 unspecified atom stereocenters. The van der Waals surface area contributed by atoms with Crippen LogP contribution in [0.15, 0.2) is 27.8 Å². The predicted octanol–water partition coefficient (Wildman–Crippen LogP) is 0.998. The summed E-state index contributed by atoms with van der Waals surface area (Å²) in [7, 11) is 0. The molecular formula is C10H9ClN2O2. The van der Waals surface area contributed by atoms with Crippen molar-refractivity contribution in [3.8, 4) is 0 Å². The minimum Gasteiger partial charge on any atom is -0.307 e. The van der Waals surface area contributed by atoms with E-state index in [0.717, 1.165) is 5.56 Å². The van der Waals surface area contributed by atoms with E-state index in [1.165, 1.54) is 0 Å². The average Bonchev–Trinajstić information content (AvgIpc) is 2.17. The van der Waals surface area contributed by atoms with Gasteiger partial charge in [0.15, 0.2) is 0 Å². The Labute approximate surface area is 89.9 Å². The van der Waals surface area contributed by atoms with Crippen LogP contribution in [0.5, 0.6) is 0 Å². The van der Waals surface area contributed by atoms with Gasteiger partial charge < -0.3 is 4.98 Å². The summed E-state index contributed by atoms with van der Waals surface area (Å²) >= 11 is 5.61. The van der Waals surface area contributed by atoms with Crippen molar-refractivity contribution in [3.63, 3.8) is 0 Å². The number of benzene rings is 1. The van der Waals surface area contributed by atoms with Crippen molar-refractivity contribution >= 4 is 22.5 Å².